The first-order valence-corrected chi connectivity index (χ1v) is 33.3. The number of azo groups is 1. The summed E-state index contributed by atoms with van der Waals surface area (Å²) in [6, 6.07) is 73.7. The van der Waals surface area contributed by atoms with Crippen molar-refractivity contribution < 1.29 is 19.1 Å². The minimum atomic E-state index is -1.48. The molecule has 2 atom stereocenters. The molecule has 8 aromatic rings. The van der Waals surface area contributed by atoms with Gasteiger partial charge in [-0.3, -0.25) is 9.59 Å². The second-order valence-corrected chi connectivity index (χ2v) is 32.4. The predicted octanol–water partition coefficient (Wildman–Crippen LogP) is 21.3. The maximum atomic E-state index is 13.7. The summed E-state index contributed by atoms with van der Waals surface area (Å²) < 4.78 is 12.0. The lowest BCUT2D eigenvalue weighted by molar-refractivity contribution is -0.135. The number of carbonyl (C=O) groups is 2. The summed E-state index contributed by atoms with van der Waals surface area (Å²) in [6.45, 7) is 43.2. The van der Waals surface area contributed by atoms with E-state index in [0.717, 1.165) is 44.5 Å². The Balaban J connectivity index is 0.991. The van der Waals surface area contributed by atoms with Crippen LogP contribution in [-0.4, -0.2) is 23.0 Å². The van der Waals surface area contributed by atoms with Crippen LogP contribution in [0.15, 0.2) is 204 Å². The zero-order chi connectivity index (χ0) is 69.1. The molecule has 8 nitrogen and oxygen atoms in total. The van der Waals surface area contributed by atoms with Gasteiger partial charge in [-0.2, -0.15) is 20.8 Å². The van der Waals surface area contributed by atoms with E-state index in [1.54, 1.807) is 13.8 Å². The van der Waals surface area contributed by atoms with E-state index in [9.17, 15) is 20.1 Å². The van der Waals surface area contributed by atoms with Gasteiger partial charge >= 0.3 is 11.9 Å². The smallest absolute Gasteiger partial charge is 0.311 e. The molecular formula is C86H100N4O4. The van der Waals surface area contributed by atoms with Gasteiger partial charge in [0.1, 0.15) is 11.5 Å². The predicted molar refractivity (Wildman–Crippen MR) is 384 cm³/mol. The van der Waals surface area contributed by atoms with Crippen molar-refractivity contribution >= 4 is 11.9 Å². The molecule has 0 bridgehead atoms. The van der Waals surface area contributed by atoms with Gasteiger partial charge in [-0.15, -0.1) is 0 Å². The number of rotatable bonds is 18. The van der Waals surface area contributed by atoms with Gasteiger partial charge in [0.25, 0.3) is 0 Å². The number of nitrogens with zero attached hydrogens (tertiary/aromatic N) is 4. The fourth-order valence-electron chi connectivity index (χ4n) is 12.4. The van der Waals surface area contributed by atoms with E-state index in [1.165, 1.54) is 33.4 Å². The van der Waals surface area contributed by atoms with Crippen molar-refractivity contribution in [3.05, 3.63) is 272 Å². The van der Waals surface area contributed by atoms with Gasteiger partial charge in [-0.05, 0) is 161 Å². The van der Waals surface area contributed by atoms with Crippen molar-refractivity contribution in [1.82, 2.24) is 0 Å². The first-order chi connectivity index (χ1) is 43.7. The molecule has 8 aromatic carbocycles. The Bertz CT molecular complexity index is 3480. The zero-order valence-electron chi connectivity index (χ0n) is 59.7. The van der Waals surface area contributed by atoms with E-state index in [4.69, 9.17) is 9.47 Å². The molecule has 0 saturated carbocycles. The summed E-state index contributed by atoms with van der Waals surface area (Å²) in [4.78, 5) is 27.4. The van der Waals surface area contributed by atoms with E-state index in [0.29, 0.717) is 11.5 Å². The molecule has 0 amide bonds. The van der Waals surface area contributed by atoms with E-state index in [1.807, 2.05) is 48.5 Å². The van der Waals surface area contributed by atoms with Crippen LogP contribution >= 0.6 is 0 Å². The average Bonchev–Trinajstić information content (AvgIpc) is 0.736. The number of hydrogen-bond donors (Lipinski definition) is 0. The molecule has 0 fully saturated rings. The van der Waals surface area contributed by atoms with Crippen LogP contribution in [-0.2, 0) is 52.9 Å². The molecule has 0 spiro atoms. The molecular weight excluding hydrogens is 1150 g/mol. The summed E-state index contributed by atoms with van der Waals surface area (Å²) in [5.41, 5.74) is 11.2. The number of hydrogen-bond acceptors (Lipinski definition) is 8. The summed E-state index contributed by atoms with van der Waals surface area (Å²) in [5.74, 6) is -0.382. The minimum absolute atomic E-state index is 0.0276. The topological polar surface area (TPSA) is 125 Å². The molecule has 0 saturated heterocycles. The van der Waals surface area contributed by atoms with Crippen molar-refractivity contribution in [2.45, 2.75) is 219 Å². The van der Waals surface area contributed by atoms with E-state index in [2.05, 4.69) is 293 Å². The molecule has 488 valence electrons. The van der Waals surface area contributed by atoms with Crippen LogP contribution in [0.2, 0.25) is 0 Å². The maximum absolute atomic E-state index is 13.7. The molecule has 0 radical (unpaired) electrons. The fourth-order valence-corrected chi connectivity index (χ4v) is 12.4. The summed E-state index contributed by atoms with van der Waals surface area (Å²) in [5, 5.41) is 29.7. The van der Waals surface area contributed by atoms with E-state index in [-0.39, 0.29) is 58.2 Å². The van der Waals surface area contributed by atoms with Gasteiger partial charge in [-0.1, -0.05) is 294 Å². The van der Waals surface area contributed by atoms with Crippen LogP contribution < -0.4 is 9.47 Å². The van der Waals surface area contributed by atoms with Crippen molar-refractivity contribution in [2.75, 3.05) is 0 Å². The molecule has 2 unspecified atom stereocenters. The van der Waals surface area contributed by atoms with Crippen LogP contribution in [0.1, 0.15) is 242 Å². The van der Waals surface area contributed by atoms with Crippen molar-refractivity contribution in [2.24, 2.45) is 10.2 Å². The number of benzene rings is 8. The Morgan fingerprint density at radius 1 is 0.277 bits per heavy atom. The Labute approximate surface area is 562 Å². The van der Waals surface area contributed by atoms with Crippen molar-refractivity contribution in [3.63, 3.8) is 0 Å². The highest BCUT2D eigenvalue weighted by Gasteiger charge is 2.42. The number of nitriles is 2. The minimum Gasteiger partial charge on any atom is -0.427 e. The quantitative estimate of drug-likeness (QED) is 0.0365. The van der Waals surface area contributed by atoms with Gasteiger partial charge < -0.3 is 9.47 Å². The van der Waals surface area contributed by atoms with Crippen LogP contribution in [0.5, 0.6) is 11.5 Å². The lowest BCUT2D eigenvalue weighted by Gasteiger charge is -2.38. The monoisotopic (exact) mass is 1250 g/mol. The Morgan fingerprint density at radius 3 is 0.574 bits per heavy atom. The molecule has 0 aliphatic heterocycles. The third kappa shape index (κ3) is 15.9. The van der Waals surface area contributed by atoms with E-state index < -0.39 is 33.8 Å². The fraction of sp³-hybridized carbons (Fsp3) is 0.395. The molecule has 94 heavy (non-hydrogen) atoms. The molecule has 0 aliphatic carbocycles. The van der Waals surface area contributed by atoms with Gasteiger partial charge in [0.2, 0.25) is 0 Å². The standard InChI is InChI=1S/C86H100N4O4/c1-77(2,3)59-21-33-65(34-22-59)85(66-35-23-60(24-36-66)78(4,5)6,67-37-25-61(26-38-67)79(7,8)9)71-45-49-73(50-46-71)93-75(91)53-55-83(19,57-87)89-90-84(20,58-88)56-54-76(92)94-74-51-47-72(48-52-74)86(68-39-27-62(28-40-68)80(10,11)12,69-41-29-63(30-42-69)81(13,14)15)70-43-31-64(32-44-70)82(16,17)18/h21-52H,53-56H2,1-20H3. The second kappa shape index (κ2) is 26.9. The summed E-state index contributed by atoms with van der Waals surface area (Å²) in [7, 11) is 0. The molecule has 0 aromatic heterocycles. The third-order valence-corrected chi connectivity index (χ3v) is 18.7. The highest BCUT2D eigenvalue weighted by atomic mass is 16.5. The second-order valence-electron chi connectivity index (χ2n) is 32.4. The number of carbonyl (C=O) groups excluding carboxylic acids is 2. The SMILES string of the molecule is CC(C#N)(CCC(=O)Oc1ccc(C(c2ccc(C(C)(C)C)cc2)(c2ccc(C(C)(C)C)cc2)c2ccc(C(C)(C)C)cc2)cc1)N=NC(C)(C#N)CCC(=O)Oc1ccc(C(c2ccc(C(C)(C)C)cc2)(c2ccc(C(C)(C)C)cc2)c2ccc(C(C)(C)C)cc2)cc1. The average molecular weight is 1250 g/mol. The highest BCUT2D eigenvalue weighted by molar-refractivity contribution is 5.74. The van der Waals surface area contributed by atoms with Crippen LogP contribution in [0.25, 0.3) is 0 Å². The normalized spacial score (nSPS) is 14.1. The molecule has 0 heterocycles. The molecule has 8 heteroatoms. The Morgan fingerprint density at radius 2 is 0.426 bits per heavy atom. The van der Waals surface area contributed by atoms with E-state index >= 15 is 0 Å². The first kappa shape index (κ1) is 71.1. The lowest BCUT2D eigenvalue weighted by atomic mass is 9.64. The van der Waals surface area contributed by atoms with Crippen LogP contribution in [0.3, 0.4) is 0 Å². The Kier molecular flexibility index (Phi) is 20.4. The van der Waals surface area contributed by atoms with Crippen molar-refractivity contribution in [3.8, 4) is 23.6 Å². The van der Waals surface area contributed by atoms with Crippen LogP contribution in [0, 0.1) is 22.7 Å². The lowest BCUT2D eigenvalue weighted by Crippen LogP contribution is -2.31. The molecule has 0 aliphatic rings. The van der Waals surface area contributed by atoms with Gasteiger partial charge in [0, 0.05) is 12.8 Å². The first-order valence-electron chi connectivity index (χ1n) is 33.3. The third-order valence-electron chi connectivity index (χ3n) is 18.7. The Hall–Kier alpha value is -8.72. The van der Waals surface area contributed by atoms with Crippen molar-refractivity contribution in [1.29, 1.82) is 10.5 Å². The van der Waals surface area contributed by atoms with Gasteiger partial charge in [0.05, 0.1) is 23.0 Å². The summed E-state index contributed by atoms with van der Waals surface area (Å²) in [6.07, 6.45) is -0.358. The largest absolute Gasteiger partial charge is 0.427 e. The van der Waals surface area contributed by atoms with Crippen LogP contribution in [0.4, 0.5) is 0 Å². The van der Waals surface area contributed by atoms with Gasteiger partial charge in [-0.25, -0.2) is 0 Å². The van der Waals surface area contributed by atoms with Gasteiger partial charge in [0.15, 0.2) is 11.1 Å². The number of esters is 2. The molecule has 0 N–H and O–H groups in total. The maximum Gasteiger partial charge on any atom is 0.311 e. The summed E-state index contributed by atoms with van der Waals surface area (Å²) >= 11 is 0. The number of ether oxygens (including phenoxy) is 2. The zero-order valence-corrected chi connectivity index (χ0v) is 59.7. The molecule has 8 rings (SSSR count). The highest BCUT2D eigenvalue weighted by Crippen LogP contribution is 2.49.